The summed E-state index contributed by atoms with van der Waals surface area (Å²) in [5.41, 5.74) is 0. The molecule has 81 heavy (non-hydrogen) atoms. The molecule has 0 unspecified atom stereocenters. The molecule has 0 aliphatic carbocycles. The van der Waals surface area contributed by atoms with Crippen LogP contribution in [0.25, 0.3) is 0 Å². The first-order valence-corrected chi connectivity index (χ1v) is 28.5. The van der Waals surface area contributed by atoms with Crippen LogP contribution in [0.4, 0.5) is 4.79 Å². The zero-order chi connectivity index (χ0) is 59.3. The van der Waals surface area contributed by atoms with Crippen molar-refractivity contribution in [3.05, 3.63) is 0 Å². The number of carboxylic acids is 1. The average Bonchev–Trinajstić information content (AvgIpc) is 4.00. The molecule has 6 aliphatic rings. The van der Waals surface area contributed by atoms with Crippen LogP contribution in [0.2, 0.25) is 0 Å². The number of ether oxygens (including phenoxy) is 8. The fraction of sp³-hybridized carbons (Fsp3) is 0.898. The van der Waals surface area contributed by atoms with Crippen molar-refractivity contribution < 1.29 is 128 Å². The van der Waals surface area contributed by atoms with Gasteiger partial charge in [-0.2, -0.15) is 11.8 Å². The van der Waals surface area contributed by atoms with Gasteiger partial charge in [-0.05, 0) is 25.7 Å². The highest BCUT2D eigenvalue weighted by Gasteiger charge is 2.61. The lowest BCUT2D eigenvalue weighted by Gasteiger charge is -2.52. The molecule has 0 spiro atoms. The summed E-state index contributed by atoms with van der Waals surface area (Å²) in [7, 11) is 0. The summed E-state index contributed by atoms with van der Waals surface area (Å²) in [6, 6.07) is -3.18. The Morgan fingerprint density at radius 2 is 1.32 bits per heavy atom. The number of unbranched alkanes of at least 4 members (excludes halogenated alkanes) is 6. The molecule has 5 amide bonds. The minimum absolute atomic E-state index is 0.000300. The van der Waals surface area contributed by atoms with Crippen molar-refractivity contribution in [3.63, 3.8) is 0 Å². The molecule has 6 heterocycles. The van der Waals surface area contributed by atoms with Gasteiger partial charge in [0.1, 0.15) is 91.5 Å². The summed E-state index contributed by atoms with van der Waals surface area (Å²) in [4.78, 5) is 61.9. The number of carbonyl (C=O) groups excluding carboxylic acids is 4. The molecule has 0 aromatic rings. The van der Waals surface area contributed by atoms with Crippen LogP contribution < -0.4 is 26.6 Å². The van der Waals surface area contributed by atoms with Gasteiger partial charge in [0.2, 0.25) is 17.7 Å². The molecule has 0 bridgehead atoms. The van der Waals surface area contributed by atoms with E-state index in [0.29, 0.717) is 31.1 Å². The summed E-state index contributed by atoms with van der Waals surface area (Å²) in [6.45, 7) is -1.46. The van der Waals surface area contributed by atoms with Crippen molar-refractivity contribution in [3.8, 4) is 0 Å². The Bertz CT molecular complexity index is 2030. The third kappa shape index (κ3) is 17.0. The van der Waals surface area contributed by atoms with Gasteiger partial charge in [0.25, 0.3) is 5.79 Å². The number of rotatable bonds is 30. The van der Waals surface area contributed by atoms with E-state index in [2.05, 4.69) is 26.6 Å². The van der Waals surface area contributed by atoms with Crippen molar-refractivity contribution in [1.82, 2.24) is 26.6 Å². The van der Waals surface area contributed by atoms with Gasteiger partial charge >= 0.3 is 12.0 Å². The number of aliphatic hydroxyl groups excluding tert-OH is 12. The molecule has 18 N–H and O–H groups in total. The molecule has 0 aromatic carbocycles. The van der Waals surface area contributed by atoms with Crippen molar-refractivity contribution in [1.29, 1.82) is 0 Å². The summed E-state index contributed by atoms with van der Waals surface area (Å²) >= 11 is 1.85. The van der Waals surface area contributed by atoms with Gasteiger partial charge in [0.15, 0.2) is 18.9 Å². The summed E-state index contributed by atoms with van der Waals surface area (Å²) in [6.07, 6.45) is -28.8. The van der Waals surface area contributed by atoms with Crippen LogP contribution in [-0.4, -0.2) is 287 Å². The fourth-order valence-corrected chi connectivity index (χ4v) is 12.4. The van der Waals surface area contributed by atoms with Crippen molar-refractivity contribution in [2.75, 3.05) is 45.3 Å². The van der Waals surface area contributed by atoms with Gasteiger partial charge in [0, 0.05) is 50.8 Å². The van der Waals surface area contributed by atoms with E-state index in [1.54, 1.807) is 0 Å². The second kappa shape index (κ2) is 31.2. The van der Waals surface area contributed by atoms with Gasteiger partial charge in [-0.1, -0.05) is 32.1 Å². The van der Waals surface area contributed by atoms with Gasteiger partial charge in [-0.15, -0.1) is 0 Å². The monoisotopic (exact) mass is 1190 g/mol. The van der Waals surface area contributed by atoms with Crippen LogP contribution in [0.1, 0.15) is 84.5 Å². The summed E-state index contributed by atoms with van der Waals surface area (Å²) in [5, 5.41) is 155. The molecular formula is C49H83N5O26S. The number of carbonyl (C=O) groups is 5. The van der Waals surface area contributed by atoms with Gasteiger partial charge in [-0.25, -0.2) is 9.59 Å². The van der Waals surface area contributed by atoms with Crippen LogP contribution in [0.3, 0.4) is 0 Å². The van der Waals surface area contributed by atoms with Crippen LogP contribution in [0, 0.1) is 0 Å². The second-order valence-corrected chi connectivity index (χ2v) is 22.5. The Morgan fingerprint density at radius 1 is 0.704 bits per heavy atom. The molecule has 466 valence electrons. The van der Waals surface area contributed by atoms with E-state index in [4.69, 9.17) is 37.9 Å². The first-order valence-electron chi connectivity index (χ1n) is 27.4. The predicted molar refractivity (Wildman–Crippen MR) is 273 cm³/mol. The number of thioether (sulfide) groups is 1. The van der Waals surface area contributed by atoms with Crippen LogP contribution >= 0.6 is 11.8 Å². The minimum Gasteiger partial charge on any atom is -0.477 e. The largest absolute Gasteiger partial charge is 0.477 e. The smallest absolute Gasteiger partial charge is 0.364 e. The fourth-order valence-electron chi connectivity index (χ4n) is 10.9. The van der Waals surface area contributed by atoms with Gasteiger partial charge < -0.3 is 131 Å². The highest BCUT2D eigenvalue weighted by molar-refractivity contribution is 8.00. The number of hydrogen-bond donors (Lipinski definition) is 18. The molecule has 0 saturated carbocycles. The number of aliphatic carboxylic acids is 1. The zero-order valence-electron chi connectivity index (χ0n) is 45.0. The Hall–Kier alpha value is -3.30. The standard InChI is InChI=1S/C49H83N5O26S/c1-21(59)51-32-24(61)15-49(47(70)71,79-42(32)34(64)25(62)16-55)80-43-39(69)46(76-28(19-58)41(43)78-44-33(52-22(2)60)36(66)35(65)26(17-56)74-44)77-40-27(18-57)75-45(38(68)37(40)67)73-14-10-6-4-3-5-9-13-50-30(63)12-8-7-11-29-31-23(20-81-29)53-48(72)54-31/h23-29,31-46,55-58,61-62,64-69H,3-20H2,1-2H3,(H,50,63)(H,51,59)(H,52,60)(H,70,71)(H2,53,54,72)/t23-,24-,25+,26+,27+,28+,29-,31-,32+,33+,34+,35-,36+,37+,38+,39+,40+,41-,42+,43+,44-,45+,46-,49-/m0/s1. The van der Waals surface area contributed by atoms with Crippen molar-refractivity contribution in [2.24, 2.45) is 0 Å². The topological polar surface area (TPSA) is 482 Å². The first kappa shape index (κ1) is 66.8. The molecule has 6 aliphatic heterocycles. The molecule has 32 heteroatoms. The Morgan fingerprint density at radius 3 is 1.98 bits per heavy atom. The highest BCUT2D eigenvalue weighted by Crippen LogP contribution is 2.40. The average molecular weight is 1190 g/mol. The van der Waals surface area contributed by atoms with E-state index in [1.807, 2.05) is 11.8 Å². The zero-order valence-corrected chi connectivity index (χ0v) is 45.9. The molecule has 6 rings (SSSR count). The minimum atomic E-state index is -3.24. The van der Waals surface area contributed by atoms with E-state index in [-0.39, 0.29) is 30.6 Å². The summed E-state index contributed by atoms with van der Waals surface area (Å²) < 4.78 is 47.1. The predicted octanol–water partition coefficient (Wildman–Crippen LogP) is -7.05. The maximum Gasteiger partial charge on any atom is 0.364 e. The van der Waals surface area contributed by atoms with E-state index < -0.39 is 179 Å². The lowest BCUT2D eigenvalue weighted by molar-refractivity contribution is -0.400. The molecule has 31 nitrogen and oxygen atoms in total. The molecule has 0 aromatic heterocycles. The number of amides is 5. The number of hydrogen-bond acceptors (Lipinski definition) is 26. The lowest BCUT2D eigenvalue weighted by Crippen LogP contribution is -2.72. The first-order chi connectivity index (χ1) is 38.6. The van der Waals surface area contributed by atoms with Crippen LogP contribution in [-0.2, 0) is 57.1 Å². The van der Waals surface area contributed by atoms with Crippen LogP contribution in [0.5, 0.6) is 0 Å². The normalized spacial score (nSPS) is 39.4. The number of nitrogens with one attached hydrogen (secondary N) is 5. The quantitative estimate of drug-likeness (QED) is 0.0235. The van der Waals surface area contributed by atoms with E-state index >= 15 is 0 Å². The maximum absolute atomic E-state index is 13.4. The Labute approximate surface area is 470 Å². The second-order valence-electron chi connectivity index (χ2n) is 21.2. The molecule has 6 fully saturated rings. The van der Waals surface area contributed by atoms with Crippen LogP contribution in [0.15, 0.2) is 0 Å². The Kier molecular flexibility index (Phi) is 25.7. The van der Waals surface area contributed by atoms with E-state index in [1.165, 1.54) is 0 Å². The SMILES string of the molecule is CC(=O)N[C@H]1[C@H](O[C@@H]2[C@H](O[C@]3(C(=O)O)C[C@H](O)[C@@H](NC(C)=O)[C@H]([C@H](O)[C@H](O)CO)O3)[C@@H](O)[C@H](O[C@H]3[C@H](O)[C@@H](O)[C@H](OCCCCCCCCNC(=O)CCCC[C@@H]4SC[C@@H]5NC(=O)N[C@@H]54)O[C@@H]3CO)O[C@@H]2CO)O[C@H](CO)[C@H](O)[C@@H]1O. The lowest BCUT2D eigenvalue weighted by atomic mass is 9.88. The van der Waals surface area contributed by atoms with Crippen molar-refractivity contribution >= 4 is 41.5 Å². The summed E-state index contributed by atoms with van der Waals surface area (Å²) in [5.74, 6) is -6.04. The third-order valence-electron chi connectivity index (χ3n) is 15.2. The maximum atomic E-state index is 13.4. The molecule has 24 atom stereocenters. The molecule has 0 radical (unpaired) electrons. The third-order valence-corrected chi connectivity index (χ3v) is 16.7. The number of carboxylic acid groups (broad SMARTS) is 1. The van der Waals surface area contributed by atoms with Gasteiger partial charge in [0.05, 0.1) is 50.7 Å². The highest BCUT2D eigenvalue weighted by atomic mass is 32.2. The number of aliphatic hydroxyl groups is 12. The van der Waals surface area contributed by atoms with E-state index in [0.717, 1.165) is 64.5 Å². The molecule has 6 saturated heterocycles. The molecular weight excluding hydrogens is 1110 g/mol. The number of urea groups is 1. The number of fused-ring (bicyclic) bond motifs is 1. The van der Waals surface area contributed by atoms with Gasteiger partial charge in [-0.3, -0.25) is 14.4 Å². The van der Waals surface area contributed by atoms with E-state index in [9.17, 15) is 90.4 Å². The Balaban J connectivity index is 1.07. The van der Waals surface area contributed by atoms with Crippen molar-refractivity contribution in [2.45, 2.75) is 230 Å².